The van der Waals surface area contributed by atoms with E-state index in [0.29, 0.717) is 19.4 Å². The van der Waals surface area contributed by atoms with Gasteiger partial charge >= 0.3 is 0 Å². The molecule has 1 unspecified atom stereocenters. The maximum atomic E-state index is 12.8. The standard InChI is InChI=1S/C22H21N3O2/c26-21(10-9-16-14-5-1-4-8-19(14)24-22(16)27)25-12-11-20-17(13-25)15-6-2-3-7-18(15)23-20/h1-8,16,23H,9-13H2,(H,24,27). The summed E-state index contributed by atoms with van der Waals surface area (Å²) >= 11 is 0. The normalized spacial score (nSPS) is 18.3. The molecule has 0 radical (unpaired) electrons. The second kappa shape index (κ2) is 6.27. The van der Waals surface area contributed by atoms with Crippen LogP contribution in [0.1, 0.15) is 35.6 Å². The predicted octanol–water partition coefficient (Wildman–Crippen LogP) is 3.57. The molecule has 0 saturated heterocycles. The summed E-state index contributed by atoms with van der Waals surface area (Å²) in [5.41, 5.74) is 5.49. The maximum absolute atomic E-state index is 12.8. The minimum Gasteiger partial charge on any atom is -0.358 e. The van der Waals surface area contributed by atoms with E-state index in [-0.39, 0.29) is 17.7 Å². The molecule has 2 aliphatic rings. The third kappa shape index (κ3) is 2.70. The highest BCUT2D eigenvalue weighted by Gasteiger charge is 2.31. The Kier molecular flexibility index (Phi) is 3.74. The van der Waals surface area contributed by atoms with E-state index in [1.807, 2.05) is 41.3 Å². The van der Waals surface area contributed by atoms with Gasteiger partial charge in [0.15, 0.2) is 0 Å². The smallest absolute Gasteiger partial charge is 0.232 e. The van der Waals surface area contributed by atoms with E-state index in [1.54, 1.807) is 0 Å². The minimum atomic E-state index is -0.224. The zero-order valence-electron chi connectivity index (χ0n) is 15.0. The van der Waals surface area contributed by atoms with E-state index in [9.17, 15) is 9.59 Å². The summed E-state index contributed by atoms with van der Waals surface area (Å²) in [6, 6.07) is 16.0. The number of nitrogens with zero attached hydrogens (tertiary/aromatic N) is 1. The summed E-state index contributed by atoms with van der Waals surface area (Å²) in [5, 5.41) is 4.12. The number of fused-ring (bicyclic) bond motifs is 4. The van der Waals surface area contributed by atoms with Crippen LogP contribution in [0, 0.1) is 0 Å². The van der Waals surface area contributed by atoms with Gasteiger partial charge < -0.3 is 15.2 Å². The topological polar surface area (TPSA) is 65.2 Å². The Morgan fingerprint density at radius 1 is 1.11 bits per heavy atom. The van der Waals surface area contributed by atoms with Gasteiger partial charge in [-0.2, -0.15) is 0 Å². The Labute approximate surface area is 157 Å². The van der Waals surface area contributed by atoms with E-state index in [2.05, 4.69) is 22.4 Å². The molecule has 1 aromatic heterocycles. The first-order chi connectivity index (χ1) is 13.2. The number of aromatic amines is 1. The molecule has 2 amide bonds. The predicted molar refractivity (Wildman–Crippen MR) is 104 cm³/mol. The number of H-pyrrole nitrogens is 1. The number of nitrogens with one attached hydrogen (secondary N) is 2. The van der Waals surface area contributed by atoms with Gasteiger partial charge in [0.1, 0.15) is 0 Å². The molecule has 5 heteroatoms. The lowest BCUT2D eigenvalue weighted by Crippen LogP contribution is -2.36. The number of carbonyl (C=O) groups excluding carboxylic acids is 2. The lowest BCUT2D eigenvalue weighted by Gasteiger charge is -2.27. The Morgan fingerprint density at radius 3 is 2.85 bits per heavy atom. The summed E-state index contributed by atoms with van der Waals surface area (Å²) in [6.45, 7) is 1.37. The van der Waals surface area contributed by atoms with Crippen molar-refractivity contribution in [1.29, 1.82) is 0 Å². The molecule has 0 bridgehead atoms. The van der Waals surface area contributed by atoms with Gasteiger partial charge in [-0.25, -0.2) is 0 Å². The van der Waals surface area contributed by atoms with Crippen molar-refractivity contribution in [2.45, 2.75) is 31.7 Å². The van der Waals surface area contributed by atoms with Crippen LogP contribution in [-0.2, 0) is 22.6 Å². The summed E-state index contributed by atoms with van der Waals surface area (Å²) in [7, 11) is 0. The number of hydrogen-bond donors (Lipinski definition) is 2. The van der Waals surface area contributed by atoms with Gasteiger partial charge in [-0.3, -0.25) is 9.59 Å². The van der Waals surface area contributed by atoms with Crippen LogP contribution in [0.3, 0.4) is 0 Å². The number of benzene rings is 2. The molecule has 2 aromatic carbocycles. The quantitative estimate of drug-likeness (QED) is 0.751. The molecule has 0 saturated carbocycles. The van der Waals surface area contributed by atoms with Crippen molar-refractivity contribution in [3.05, 3.63) is 65.4 Å². The third-order valence-corrected chi connectivity index (χ3v) is 5.79. The highest BCUT2D eigenvalue weighted by molar-refractivity contribution is 6.03. The number of para-hydroxylation sites is 2. The molecule has 0 aliphatic carbocycles. The van der Waals surface area contributed by atoms with Gasteiger partial charge in [-0.15, -0.1) is 0 Å². The summed E-state index contributed by atoms with van der Waals surface area (Å²) < 4.78 is 0. The van der Waals surface area contributed by atoms with Crippen LogP contribution in [0.4, 0.5) is 5.69 Å². The Morgan fingerprint density at radius 2 is 1.93 bits per heavy atom. The highest BCUT2D eigenvalue weighted by atomic mass is 16.2. The van der Waals surface area contributed by atoms with E-state index in [0.717, 1.165) is 29.7 Å². The fraction of sp³-hybridized carbons (Fsp3) is 0.273. The SMILES string of the molecule is O=C1Nc2ccccc2C1CCC(=O)N1CCc2[nH]c3ccccc3c2C1. The van der Waals surface area contributed by atoms with Crippen LogP contribution in [0.25, 0.3) is 10.9 Å². The number of aromatic nitrogens is 1. The molecular formula is C22H21N3O2. The second-order valence-electron chi connectivity index (χ2n) is 7.36. The van der Waals surface area contributed by atoms with Crippen LogP contribution in [0.5, 0.6) is 0 Å². The monoisotopic (exact) mass is 359 g/mol. The third-order valence-electron chi connectivity index (χ3n) is 5.79. The van der Waals surface area contributed by atoms with Gasteiger partial charge in [0.05, 0.1) is 5.92 Å². The molecule has 2 aliphatic heterocycles. The van der Waals surface area contributed by atoms with Crippen molar-refractivity contribution in [2.75, 3.05) is 11.9 Å². The van der Waals surface area contributed by atoms with Gasteiger partial charge in [-0.05, 0) is 24.1 Å². The highest BCUT2D eigenvalue weighted by Crippen LogP contribution is 2.35. The number of rotatable bonds is 3. The minimum absolute atomic E-state index is 0.00144. The van der Waals surface area contributed by atoms with E-state index >= 15 is 0 Å². The van der Waals surface area contributed by atoms with E-state index in [4.69, 9.17) is 0 Å². The van der Waals surface area contributed by atoms with Crippen molar-refractivity contribution in [1.82, 2.24) is 9.88 Å². The number of anilines is 1. The van der Waals surface area contributed by atoms with Crippen LogP contribution in [-0.4, -0.2) is 28.2 Å². The summed E-state index contributed by atoms with van der Waals surface area (Å²) in [4.78, 5) is 30.5. The molecule has 0 fully saturated rings. The molecule has 1 atom stereocenters. The van der Waals surface area contributed by atoms with Crippen molar-refractivity contribution < 1.29 is 9.59 Å². The zero-order chi connectivity index (χ0) is 18.4. The van der Waals surface area contributed by atoms with E-state index < -0.39 is 0 Å². The average molecular weight is 359 g/mol. The molecule has 2 N–H and O–H groups in total. The van der Waals surface area contributed by atoms with Crippen LogP contribution in [0.15, 0.2) is 48.5 Å². The first-order valence-electron chi connectivity index (χ1n) is 9.47. The molecule has 136 valence electrons. The number of carbonyl (C=O) groups is 2. The Hall–Kier alpha value is -3.08. The van der Waals surface area contributed by atoms with Crippen molar-refractivity contribution in [2.24, 2.45) is 0 Å². The summed E-state index contributed by atoms with van der Waals surface area (Å²) in [5.74, 6) is -0.0942. The van der Waals surface area contributed by atoms with Crippen LogP contribution in [0.2, 0.25) is 0 Å². The van der Waals surface area contributed by atoms with Gasteiger partial charge in [-0.1, -0.05) is 36.4 Å². The van der Waals surface area contributed by atoms with Crippen molar-refractivity contribution >= 4 is 28.4 Å². The lowest BCUT2D eigenvalue weighted by molar-refractivity contribution is -0.132. The van der Waals surface area contributed by atoms with Crippen LogP contribution < -0.4 is 5.32 Å². The van der Waals surface area contributed by atoms with Crippen molar-refractivity contribution in [3.63, 3.8) is 0 Å². The van der Waals surface area contributed by atoms with Crippen molar-refractivity contribution in [3.8, 4) is 0 Å². The Bertz CT molecular complexity index is 1050. The molecular weight excluding hydrogens is 338 g/mol. The number of hydrogen-bond acceptors (Lipinski definition) is 2. The zero-order valence-corrected chi connectivity index (χ0v) is 15.0. The van der Waals surface area contributed by atoms with Gasteiger partial charge in [0.2, 0.25) is 11.8 Å². The van der Waals surface area contributed by atoms with E-state index in [1.165, 1.54) is 16.6 Å². The molecule has 0 spiro atoms. The first-order valence-corrected chi connectivity index (χ1v) is 9.47. The lowest BCUT2D eigenvalue weighted by atomic mass is 9.95. The molecule has 27 heavy (non-hydrogen) atoms. The fourth-order valence-corrected chi connectivity index (χ4v) is 4.37. The molecule has 3 aromatic rings. The fourth-order valence-electron chi connectivity index (χ4n) is 4.37. The first kappa shape index (κ1) is 16.1. The van der Waals surface area contributed by atoms with Gasteiger partial charge in [0, 0.05) is 53.8 Å². The Balaban J connectivity index is 1.29. The van der Waals surface area contributed by atoms with Gasteiger partial charge in [0.25, 0.3) is 0 Å². The average Bonchev–Trinajstić information content (AvgIpc) is 3.22. The summed E-state index contributed by atoms with van der Waals surface area (Å²) in [6.07, 6.45) is 1.80. The van der Waals surface area contributed by atoms with Crippen LogP contribution >= 0.6 is 0 Å². The molecule has 5 nitrogen and oxygen atoms in total. The molecule has 3 heterocycles. The largest absolute Gasteiger partial charge is 0.358 e. The number of amides is 2. The molecule has 5 rings (SSSR count). The maximum Gasteiger partial charge on any atom is 0.232 e. The second-order valence-corrected chi connectivity index (χ2v) is 7.36.